The van der Waals surface area contributed by atoms with Crippen LogP contribution in [0.3, 0.4) is 0 Å². The molecule has 1 aromatic rings. The highest BCUT2D eigenvalue weighted by Gasteiger charge is 2.30. The zero-order valence-corrected chi connectivity index (χ0v) is 12.7. The number of hydrogen-bond donors (Lipinski definition) is 2. The summed E-state index contributed by atoms with van der Waals surface area (Å²) >= 11 is 0. The number of nitrogens with one attached hydrogen (secondary N) is 1. The highest BCUT2D eigenvalue weighted by atomic mass is 16.6. The number of amides is 1. The maximum absolute atomic E-state index is 11.8. The molecule has 0 aromatic carbocycles. The smallest absolute Gasteiger partial charge is 0.389 e. The van der Waals surface area contributed by atoms with Gasteiger partial charge >= 0.3 is 5.82 Å². The molecule has 0 saturated heterocycles. The summed E-state index contributed by atoms with van der Waals surface area (Å²) in [5.74, 6) is -0.513. The lowest BCUT2D eigenvalue weighted by atomic mass is 9.81. The maximum atomic E-state index is 11.8. The minimum atomic E-state index is -0.615. The summed E-state index contributed by atoms with van der Waals surface area (Å²) < 4.78 is 1.21. The Morgan fingerprint density at radius 3 is 2.67 bits per heavy atom. The minimum Gasteiger partial charge on any atom is -0.392 e. The molecule has 21 heavy (non-hydrogen) atoms. The van der Waals surface area contributed by atoms with Crippen molar-refractivity contribution in [3.8, 4) is 0 Å². The summed E-state index contributed by atoms with van der Waals surface area (Å²) in [7, 11) is 0. The van der Waals surface area contributed by atoms with Crippen molar-refractivity contribution >= 4 is 11.7 Å². The number of aliphatic hydroxyl groups is 1. The molecule has 1 atom stereocenters. The zero-order valence-electron chi connectivity index (χ0n) is 12.7. The fourth-order valence-electron chi connectivity index (χ4n) is 2.07. The summed E-state index contributed by atoms with van der Waals surface area (Å²) in [6.45, 7) is 7.79. The van der Waals surface area contributed by atoms with Gasteiger partial charge in [0, 0.05) is 12.0 Å². The van der Waals surface area contributed by atoms with Gasteiger partial charge in [0.2, 0.25) is 5.91 Å². The fraction of sp³-hybridized carbons (Fsp3) is 0.692. The van der Waals surface area contributed by atoms with Crippen LogP contribution in [-0.2, 0) is 11.3 Å². The van der Waals surface area contributed by atoms with E-state index in [-0.39, 0.29) is 24.2 Å². The third-order valence-corrected chi connectivity index (χ3v) is 3.29. The van der Waals surface area contributed by atoms with Gasteiger partial charge in [-0.1, -0.05) is 27.7 Å². The lowest BCUT2D eigenvalue weighted by molar-refractivity contribution is -0.389. The number of nitro groups is 1. The molecule has 118 valence electrons. The summed E-state index contributed by atoms with van der Waals surface area (Å²) in [5, 5.41) is 27.0. The van der Waals surface area contributed by atoms with E-state index in [0.717, 1.165) is 0 Å². The molecule has 2 N–H and O–H groups in total. The molecule has 8 nitrogen and oxygen atoms in total. The van der Waals surface area contributed by atoms with Gasteiger partial charge < -0.3 is 20.5 Å². The van der Waals surface area contributed by atoms with Gasteiger partial charge in [-0.3, -0.25) is 4.79 Å². The normalized spacial score (nSPS) is 13.2. The van der Waals surface area contributed by atoms with E-state index in [2.05, 4.69) is 10.4 Å². The van der Waals surface area contributed by atoms with Crippen LogP contribution in [0.4, 0.5) is 5.82 Å². The van der Waals surface area contributed by atoms with Crippen molar-refractivity contribution in [3.63, 3.8) is 0 Å². The van der Waals surface area contributed by atoms with Gasteiger partial charge in [-0.2, -0.15) is 4.68 Å². The van der Waals surface area contributed by atoms with Gasteiger partial charge in [0.05, 0.1) is 23.5 Å². The van der Waals surface area contributed by atoms with Crippen molar-refractivity contribution in [2.75, 3.05) is 6.54 Å². The Kier molecular flexibility index (Phi) is 5.42. The van der Waals surface area contributed by atoms with Crippen LogP contribution in [0, 0.1) is 21.4 Å². The molecule has 0 aliphatic rings. The van der Waals surface area contributed by atoms with Crippen LogP contribution in [0.2, 0.25) is 0 Å². The number of nitrogens with zero attached hydrogens (tertiary/aromatic N) is 3. The van der Waals surface area contributed by atoms with Crippen molar-refractivity contribution in [3.05, 3.63) is 22.4 Å². The molecule has 0 fully saturated rings. The van der Waals surface area contributed by atoms with E-state index in [1.807, 2.05) is 27.7 Å². The molecule has 1 amide bonds. The van der Waals surface area contributed by atoms with Crippen LogP contribution in [0.15, 0.2) is 12.3 Å². The summed E-state index contributed by atoms with van der Waals surface area (Å²) in [5.41, 5.74) is -0.458. The van der Waals surface area contributed by atoms with Gasteiger partial charge in [0.15, 0.2) is 0 Å². The van der Waals surface area contributed by atoms with Gasteiger partial charge in [-0.25, -0.2) is 0 Å². The quantitative estimate of drug-likeness (QED) is 0.575. The van der Waals surface area contributed by atoms with Gasteiger partial charge in [0.25, 0.3) is 0 Å². The predicted molar refractivity (Wildman–Crippen MR) is 76.5 cm³/mol. The van der Waals surface area contributed by atoms with Crippen molar-refractivity contribution in [1.29, 1.82) is 0 Å². The van der Waals surface area contributed by atoms with Crippen molar-refractivity contribution in [1.82, 2.24) is 15.1 Å². The van der Waals surface area contributed by atoms with Crippen LogP contribution in [0.5, 0.6) is 0 Å². The van der Waals surface area contributed by atoms with Crippen LogP contribution >= 0.6 is 0 Å². The molecule has 0 spiro atoms. The first-order valence-corrected chi connectivity index (χ1v) is 6.76. The molecule has 0 saturated carbocycles. The van der Waals surface area contributed by atoms with Gasteiger partial charge in [-0.05, 0) is 10.8 Å². The zero-order chi connectivity index (χ0) is 16.2. The van der Waals surface area contributed by atoms with Crippen LogP contribution in [0.1, 0.15) is 27.7 Å². The first-order valence-electron chi connectivity index (χ1n) is 6.76. The Morgan fingerprint density at radius 2 is 2.19 bits per heavy atom. The van der Waals surface area contributed by atoms with E-state index >= 15 is 0 Å². The molecule has 0 aliphatic heterocycles. The average molecular weight is 298 g/mol. The monoisotopic (exact) mass is 298 g/mol. The van der Waals surface area contributed by atoms with E-state index in [1.165, 1.54) is 16.9 Å². The van der Waals surface area contributed by atoms with Crippen LogP contribution in [0.25, 0.3) is 0 Å². The number of carbonyl (C=O) groups is 1. The largest absolute Gasteiger partial charge is 0.392 e. The van der Waals surface area contributed by atoms with Gasteiger partial charge in [-0.15, -0.1) is 0 Å². The minimum absolute atomic E-state index is 0.0886. The fourth-order valence-corrected chi connectivity index (χ4v) is 2.07. The molecule has 1 rings (SSSR count). The Morgan fingerprint density at radius 1 is 1.57 bits per heavy atom. The number of rotatable bonds is 7. The van der Waals surface area contributed by atoms with Crippen molar-refractivity contribution in [2.24, 2.45) is 11.3 Å². The third kappa shape index (κ3) is 4.82. The molecule has 0 bridgehead atoms. The average Bonchev–Trinajstić information content (AvgIpc) is 2.84. The molecule has 8 heteroatoms. The third-order valence-electron chi connectivity index (χ3n) is 3.29. The van der Waals surface area contributed by atoms with E-state index in [1.54, 1.807) is 0 Å². The Hall–Kier alpha value is -1.96. The Bertz CT molecular complexity index is 510. The van der Waals surface area contributed by atoms with Crippen LogP contribution in [-0.4, -0.2) is 38.4 Å². The molecule has 0 aliphatic carbocycles. The van der Waals surface area contributed by atoms with E-state index < -0.39 is 16.4 Å². The second kappa shape index (κ2) is 6.66. The molecular formula is C13H22N4O4. The molecule has 1 heterocycles. The Balaban J connectivity index is 2.52. The van der Waals surface area contributed by atoms with Crippen molar-refractivity contribution < 1.29 is 14.8 Å². The standard InChI is InChI=1S/C13H22N4O4/c1-9(2)12(19)13(3,4)8-14-11(18)7-16-6-5-10(15-16)17(20)21/h5-6,9,12,19H,7-8H2,1-4H3,(H,14,18). The van der Waals surface area contributed by atoms with E-state index in [9.17, 15) is 20.0 Å². The summed E-state index contributed by atoms with van der Waals surface area (Å²) in [4.78, 5) is 21.7. The summed E-state index contributed by atoms with van der Waals surface area (Å²) in [6, 6.07) is 1.24. The molecule has 1 aromatic heterocycles. The number of aliphatic hydroxyl groups excluding tert-OH is 1. The number of carbonyl (C=O) groups excluding carboxylic acids is 1. The first kappa shape index (κ1) is 17.1. The molecular weight excluding hydrogens is 276 g/mol. The molecule has 1 unspecified atom stereocenters. The second-order valence-corrected chi connectivity index (χ2v) is 6.08. The topological polar surface area (TPSA) is 110 Å². The highest BCUT2D eigenvalue weighted by Crippen LogP contribution is 2.24. The maximum Gasteiger partial charge on any atom is 0.389 e. The summed E-state index contributed by atoms with van der Waals surface area (Å²) in [6.07, 6.45) is 0.842. The SMILES string of the molecule is CC(C)C(O)C(C)(C)CNC(=O)Cn1ccc([N+](=O)[O-])n1. The highest BCUT2D eigenvalue weighted by molar-refractivity contribution is 5.75. The first-order chi connectivity index (χ1) is 9.63. The number of aromatic nitrogens is 2. The van der Waals surface area contributed by atoms with Crippen LogP contribution < -0.4 is 5.32 Å². The van der Waals surface area contributed by atoms with Crippen molar-refractivity contribution in [2.45, 2.75) is 40.3 Å². The molecule has 0 radical (unpaired) electrons. The lowest BCUT2D eigenvalue weighted by Gasteiger charge is -2.33. The second-order valence-electron chi connectivity index (χ2n) is 6.08. The Labute approximate surface area is 123 Å². The van der Waals surface area contributed by atoms with E-state index in [0.29, 0.717) is 6.54 Å². The van der Waals surface area contributed by atoms with E-state index in [4.69, 9.17) is 0 Å². The number of hydrogen-bond acceptors (Lipinski definition) is 5. The van der Waals surface area contributed by atoms with Gasteiger partial charge in [0.1, 0.15) is 6.54 Å². The predicted octanol–water partition coefficient (Wildman–Crippen LogP) is 0.951. The lowest BCUT2D eigenvalue weighted by Crippen LogP contribution is -2.44.